The smallest absolute Gasteiger partial charge is 0.237 e. The highest BCUT2D eigenvalue weighted by molar-refractivity contribution is 7.09. The highest BCUT2D eigenvalue weighted by Crippen LogP contribution is 2.16. The molecule has 1 aliphatic rings. The van der Waals surface area contributed by atoms with Crippen molar-refractivity contribution in [2.24, 2.45) is 5.92 Å². The molecule has 22 heavy (non-hydrogen) atoms. The van der Waals surface area contributed by atoms with Crippen molar-refractivity contribution in [3.63, 3.8) is 0 Å². The van der Waals surface area contributed by atoms with Crippen molar-refractivity contribution in [1.82, 2.24) is 15.5 Å². The predicted octanol–water partition coefficient (Wildman–Crippen LogP) is 1.05. The zero-order valence-corrected chi connectivity index (χ0v) is 14.1. The Hall–Kier alpha value is -0.950. The molecule has 1 fully saturated rings. The number of β-amino-alcohol motifs (C(OH)–C–C–N with tert-alkyl or cyclic N) is 1. The molecule has 0 bridgehead atoms. The standard InChI is InChI=1S/C16H27N3O2S/c1-13(16(21)18-12-15-3-2-10-22-15)17-11-14-4-6-19(7-5-14)8-9-20/h2-3,10,13-14,17,20H,4-9,11-12H2,1H3,(H,18,21). The topological polar surface area (TPSA) is 64.6 Å². The van der Waals surface area contributed by atoms with E-state index >= 15 is 0 Å². The summed E-state index contributed by atoms with van der Waals surface area (Å²) >= 11 is 1.66. The van der Waals surface area contributed by atoms with Crippen LogP contribution in [0.3, 0.4) is 0 Å². The number of aliphatic hydroxyl groups is 1. The lowest BCUT2D eigenvalue weighted by Gasteiger charge is -2.32. The molecule has 0 spiro atoms. The maximum atomic E-state index is 12.0. The number of thiophene rings is 1. The Bertz CT molecular complexity index is 431. The fraction of sp³-hybridized carbons (Fsp3) is 0.688. The van der Waals surface area contributed by atoms with Gasteiger partial charge in [-0.15, -0.1) is 11.3 Å². The average Bonchev–Trinajstić information content (AvgIpc) is 3.05. The number of amides is 1. The summed E-state index contributed by atoms with van der Waals surface area (Å²) < 4.78 is 0. The van der Waals surface area contributed by atoms with Crippen LogP contribution in [-0.2, 0) is 11.3 Å². The number of aliphatic hydroxyl groups excluding tert-OH is 1. The Morgan fingerprint density at radius 2 is 2.27 bits per heavy atom. The van der Waals surface area contributed by atoms with Crippen molar-refractivity contribution < 1.29 is 9.90 Å². The summed E-state index contributed by atoms with van der Waals surface area (Å²) in [6, 6.07) is 3.87. The predicted molar refractivity (Wildman–Crippen MR) is 89.9 cm³/mol. The molecule has 1 saturated heterocycles. The third kappa shape index (κ3) is 5.68. The van der Waals surface area contributed by atoms with Gasteiger partial charge in [0.1, 0.15) is 0 Å². The molecular formula is C16H27N3O2S. The maximum absolute atomic E-state index is 12.0. The van der Waals surface area contributed by atoms with Crippen LogP contribution in [0, 0.1) is 5.92 Å². The van der Waals surface area contributed by atoms with Gasteiger partial charge in [-0.1, -0.05) is 6.07 Å². The van der Waals surface area contributed by atoms with Crippen molar-refractivity contribution in [1.29, 1.82) is 0 Å². The zero-order chi connectivity index (χ0) is 15.8. The first-order valence-corrected chi connectivity index (χ1v) is 8.93. The van der Waals surface area contributed by atoms with Gasteiger partial charge in [-0.2, -0.15) is 0 Å². The SMILES string of the molecule is CC(NCC1CCN(CCO)CC1)C(=O)NCc1cccs1. The highest BCUT2D eigenvalue weighted by atomic mass is 32.1. The molecule has 0 aromatic carbocycles. The zero-order valence-electron chi connectivity index (χ0n) is 13.3. The molecule has 0 saturated carbocycles. The first-order valence-electron chi connectivity index (χ1n) is 8.05. The Labute approximate surface area is 136 Å². The Morgan fingerprint density at radius 1 is 1.50 bits per heavy atom. The minimum absolute atomic E-state index is 0.0612. The summed E-state index contributed by atoms with van der Waals surface area (Å²) in [6.45, 7) is 6.54. The number of nitrogens with one attached hydrogen (secondary N) is 2. The van der Waals surface area contributed by atoms with Crippen molar-refractivity contribution in [3.8, 4) is 0 Å². The largest absolute Gasteiger partial charge is 0.395 e. The first kappa shape index (κ1) is 17.4. The lowest BCUT2D eigenvalue weighted by molar-refractivity contribution is -0.122. The van der Waals surface area contributed by atoms with Crippen molar-refractivity contribution in [2.75, 3.05) is 32.8 Å². The Morgan fingerprint density at radius 3 is 2.91 bits per heavy atom. The number of piperidine rings is 1. The summed E-state index contributed by atoms with van der Waals surface area (Å²) in [6.07, 6.45) is 2.27. The van der Waals surface area contributed by atoms with Gasteiger partial charge in [0.05, 0.1) is 19.2 Å². The van der Waals surface area contributed by atoms with E-state index in [1.807, 2.05) is 24.4 Å². The van der Waals surface area contributed by atoms with Gasteiger partial charge in [0, 0.05) is 11.4 Å². The molecule has 1 amide bonds. The summed E-state index contributed by atoms with van der Waals surface area (Å²) in [5.41, 5.74) is 0. The number of hydrogen-bond acceptors (Lipinski definition) is 5. The molecule has 0 radical (unpaired) electrons. The first-order chi connectivity index (χ1) is 10.7. The molecule has 1 aliphatic heterocycles. The summed E-state index contributed by atoms with van der Waals surface area (Å²) in [5.74, 6) is 0.689. The van der Waals surface area contributed by atoms with E-state index in [2.05, 4.69) is 15.5 Å². The van der Waals surface area contributed by atoms with Crippen molar-refractivity contribution in [2.45, 2.75) is 32.4 Å². The quantitative estimate of drug-likeness (QED) is 0.668. The number of rotatable bonds is 8. The maximum Gasteiger partial charge on any atom is 0.237 e. The second-order valence-electron chi connectivity index (χ2n) is 5.94. The third-order valence-corrected chi connectivity index (χ3v) is 5.12. The van der Waals surface area contributed by atoms with Gasteiger partial charge in [0.25, 0.3) is 0 Å². The van der Waals surface area contributed by atoms with Crippen LogP contribution in [0.25, 0.3) is 0 Å². The molecular weight excluding hydrogens is 298 g/mol. The normalized spacial score (nSPS) is 18.3. The molecule has 1 aromatic heterocycles. The fourth-order valence-electron chi connectivity index (χ4n) is 2.73. The van der Waals surface area contributed by atoms with E-state index in [-0.39, 0.29) is 18.6 Å². The van der Waals surface area contributed by atoms with Crippen LogP contribution < -0.4 is 10.6 Å². The minimum atomic E-state index is -0.157. The van der Waals surface area contributed by atoms with Gasteiger partial charge in [0.2, 0.25) is 5.91 Å². The van der Waals surface area contributed by atoms with Gasteiger partial charge in [-0.3, -0.25) is 4.79 Å². The molecule has 1 aromatic rings. The summed E-state index contributed by atoms with van der Waals surface area (Å²) in [7, 11) is 0. The van der Waals surface area contributed by atoms with Crippen LogP contribution >= 0.6 is 11.3 Å². The van der Waals surface area contributed by atoms with Crippen LogP contribution in [0.15, 0.2) is 17.5 Å². The molecule has 0 aliphatic carbocycles. The number of nitrogens with zero attached hydrogens (tertiary/aromatic N) is 1. The van der Waals surface area contributed by atoms with E-state index in [0.29, 0.717) is 12.5 Å². The third-order valence-electron chi connectivity index (χ3n) is 4.25. The van der Waals surface area contributed by atoms with E-state index in [1.54, 1.807) is 11.3 Å². The van der Waals surface area contributed by atoms with Gasteiger partial charge in [-0.05, 0) is 56.8 Å². The van der Waals surface area contributed by atoms with E-state index < -0.39 is 0 Å². The van der Waals surface area contributed by atoms with Crippen LogP contribution in [0.5, 0.6) is 0 Å². The van der Waals surface area contributed by atoms with Crippen molar-refractivity contribution >= 4 is 17.2 Å². The van der Waals surface area contributed by atoms with Gasteiger partial charge < -0.3 is 20.6 Å². The van der Waals surface area contributed by atoms with Gasteiger partial charge in [-0.25, -0.2) is 0 Å². The molecule has 2 rings (SSSR count). The molecule has 2 heterocycles. The number of carbonyl (C=O) groups is 1. The number of likely N-dealkylation sites (tertiary alicyclic amines) is 1. The second-order valence-corrected chi connectivity index (χ2v) is 6.97. The van der Waals surface area contributed by atoms with Crippen LogP contribution in [0.1, 0.15) is 24.6 Å². The average molecular weight is 325 g/mol. The second kappa shape index (κ2) is 9.25. The lowest BCUT2D eigenvalue weighted by Crippen LogP contribution is -2.45. The molecule has 1 unspecified atom stereocenters. The monoisotopic (exact) mass is 325 g/mol. The van der Waals surface area contributed by atoms with Crippen molar-refractivity contribution in [3.05, 3.63) is 22.4 Å². The van der Waals surface area contributed by atoms with Gasteiger partial charge >= 0.3 is 0 Å². The van der Waals surface area contributed by atoms with Crippen LogP contribution in [0.2, 0.25) is 0 Å². The van der Waals surface area contributed by atoms with E-state index in [9.17, 15) is 4.79 Å². The van der Waals surface area contributed by atoms with Crippen LogP contribution in [-0.4, -0.2) is 54.7 Å². The lowest BCUT2D eigenvalue weighted by atomic mass is 9.96. The Balaban J connectivity index is 1.61. The molecule has 6 heteroatoms. The van der Waals surface area contributed by atoms with Gasteiger partial charge in [0.15, 0.2) is 0 Å². The fourth-order valence-corrected chi connectivity index (χ4v) is 3.38. The van der Waals surface area contributed by atoms with Crippen LogP contribution in [0.4, 0.5) is 0 Å². The summed E-state index contributed by atoms with van der Waals surface area (Å²) in [5, 5.41) is 17.3. The molecule has 3 N–H and O–H groups in total. The molecule has 124 valence electrons. The number of hydrogen-bond donors (Lipinski definition) is 3. The summed E-state index contributed by atoms with van der Waals surface area (Å²) in [4.78, 5) is 15.5. The van der Waals surface area contributed by atoms with E-state index in [4.69, 9.17) is 5.11 Å². The molecule has 5 nitrogen and oxygen atoms in total. The van der Waals surface area contributed by atoms with E-state index in [1.165, 1.54) is 4.88 Å². The highest BCUT2D eigenvalue weighted by Gasteiger charge is 2.20. The van der Waals surface area contributed by atoms with E-state index in [0.717, 1.165) is 39.0 Å². The minimum Gasteiger partial charge on any atom is -0.395 e. The Kier molecular flexibility index (Phi) is 7.32. The number of carbonyl (C=O) groups excluding carboxylic acids is 1. The molecule has 1 atom stereocenters.